The molecule has 2 rings (SSSR count). The van der Waals surface area contributed by atoms with Crippen LogP contribution in [0.2, 0.25) is 0 Å². The average Bonchev–Trinajstić information content (AvgIpc) is 2.94. The van der Waals surface area contributed by atoms with Crippen molar-refractivity contribution >= 4 is 6.03 Å². The molecule has 1 unspecified atom stereocenters. The molecule has 0 fully saturated rings. The van der Waals surface area contributed by atoms with E-state index < -0.39 is 0 Å². The number of carbonyl (C=O) groups excluding carboxylic acids is 1. The van der Waals surface area contributed by atoms with Crippen molar-refractivity contribution in [2.45, 2.75) is 45.7 Å². The first-order valence-corrected chi connectivity index (χ1v) is 8.28. The number of hydrogen-bond donors (Lipinski definition) is 3. The lowest BCUT2D eigenvalue weighted by atomic mass is 9.83. The van der Waals surface area contributed by atoms with Gasteiger partial charge in [0.1, 0.15) is 0 Å². The van der Waals surface area contributed by atoms with Gasteiger partial charge < -0.3 is 15.7 Å². The van der Waals surface area contributed by atoms with E-state index in [0.717, 1.165) is 12.8 Å². The second-order valence-corrected chi connectivity index (χ2v) is 7.40. The monoisotopic (exact) mass is 316 g/mol. The van der Waals surface area contributed by atoms with Gasteiger partial charge in [-0.05, 0) is 23.8 Å². The van der Waals surface area contributed by atoms with Crippen molar-refractivity contribution in [1.82, 2.24) is 10.6 Å². The highest BCUT2D eigenvalue weighted by Crippen LogP contribution is 2.23. The van der Waals surface area contributed by atoms with Crippen LogP contribution in [-0.2, 0) is 6.42 Å². The van der Waals surface area contributed by atoms with Crippen LogP contribution in [0.1, 0.15) is 32.8 Å². The summed E-state index contributed by atoms with van der Waals surface area (Å²) in [5.74, 6) is 0.156. The van der Waals surface area contributed by atoms with E-state index in [9.17, 15) is 4.79 Å². The topological polar surface area (TPSA) is 61.4 Å². The van der Waals surface area contributed by atoms with Crippen LogP contribution < -0.4 is 10.6 Å². The van der Waals surface area contributed by atoms with E-state index in [1.54, 1.807) is 0 Å². The smallest absolute Gasteiger partial charge is 0.315 e. The summed E-state index contributed by atoms with van der Waals surface area (Å²) in [4.78, 5) is 12.3. The minimum absolute atomic E-state index is 0.00416. The summed E-state index contributed by atoms with van der Waals surface area (Å²) < 4.78 is 0. The van der Waals surface area contributed by atoms with E-state index in [4.69, 9.17) is 5.11 Å². The number of nitrogens with one attached hydrogen (secondary N) is 2. The Balaban J connectivity index is 1.93. The number of rotatable bonds is 5. The van der Waals surface area contributed by atoms with Crippen molar-refractivity contribution in [2.24, 2.45) is 11.3 Å². The van der Waals surface area contributed by atoms with Gasteiger partial charge in [0.15, 0.2) is 0 Å². The number of benzene rings is 1. The lowest BCUT2D eigenvalue weighted by molar-refractivity contribution is 0.212. The molecule has 1 aliphatic rings. The van der Waals surface area contributed by atoms with Crippen LogP contribution in [0.4, 0.5) is 4.79 Å². The maximum Gasteiger partial charge on any atom is 0.315 e. The molecule has 3 N–H and O–H groups in total. The molecule has 23 heavy (non-hydrogen) atoms. The molecule has 0 heterocycles. The van der Waals surface area contributed by atoms with E-state index in [1.165, 1.54) is 5.56 Å². The van der Waals surface area contributed by atoms with E-state index in [-0.39, 0.29) is 36.1 Å². The molecule has 0 radical (unpaired) electrons. The van der Waals surface area contributed by atoms with E-state index in [1.807, 2.05) is 30.4 Å². The summed E-state index contributed by atoms with van der Waals surface area (Å²) in [6, 6.07) is 10.1. The second kappa shape index (κ2) is 7.64. The third-order valence-electron chi connectivity index (χ3n) is 4.36. The highest BCUT2D eigenvalue weighted by atomic mass is 16.3. The Morgan fingerprint density at radius 2 is 1.96 bits per heavy atom. The molecule has 0 saturated carbocycles. The molecular weight excluding hydrogens is 288 g/mol. The summed E-state index contributed by atoms with van der Waals surface area (Å²) in [5, 5.41) is 15.3. The summed E-state index contributed by atoms with van der Waals surface area (Å²) in [6.45, 7) is 6.55. The molecule has 0 saturated heterocycles. The van der Waals surface area contributed by atoms with E-state index in [2.05, 4.69) is 43.5 Å². The molecule has 4 nitrogen and oxygen atoms in total. The Kier molecular flexibility index (Phi) is 5.83. The Morgan fingerprint density at radius 1 is 1.26 bits per heavy atom. The fourth-order valence-corrected chi connectivity index (χ4v) is 2.81. The van der Waals surface area contributed by atoms with Gasteiger partial charge in [0.25, 0.3) is 0 Å². The lowest BCUT2D eigenvalue weighted by Gasteiger charge is -2.32. The molecule has 2 amide bonds. The van der Waals surface area contributed by atoms with Crippen molar-refractivity contribution in [3.8, 4) is 0 Å². The zero-order chi connectivity index (χ0) is 16.9. The van der Waals surface area contributed by atoms with Gasteiger partial charge in [0, 0.05) is 24.6 Å². The maximum absolute atomic E-state index is 12.3. The third-order valence-corrected chi connectivity index (χ3v) is 4.36. The number of amides is 2. The largest absolute Gasteiger partial charge is 0.396 e. The van der Waals surface area contributed by atoms with Crippen LogP contribution in [0.5, 0.6) is 0 Å². The number of hydrogen-bond acceptors (Lipinski definition) is 2. The first-order chi connectivity index (χ1) is 10.9. The van der Waals surface area contributed by atoms with Crippen LogP contribution in [0.25, 0.3) is 0 Å². The molecule has 1 aromatic rings. The van der Waals surface area contributed by atoms with Crippen LogP contribution in [0, 0.1) is 11.3 Å². The van der Waals surface area contributed by atoms with Crippen LogP contribution in [-0.4, -0.2) is 29.8 Å². The molecule has 0 spiro atoms. The molecule has 0 aromatic heterocycles. The minimum Gasteiger partial charge on any atom is -0.396 e. The van der Waals surface area contributed by atoms with Crippen molar-refractivity contribution in [2.75, 3.05) is 6.61 Å². The molecule has 126 valence electrons. The van der Waals surface area contributed by atoms with Gasteiger partial charge in [0.05, 0.1) is 0 Å². The highest BCUT2D eigenvalue weighted by molar-refractivity contribution is 5.75. The molecule has 1 aliphatic carbocycles. The Morgan fingerprint density at radius 3 is 2.52 bits per heavy atom. The van der Waals surface area contributed by atoms with E-state index in [0.29, 0.717) is 0 Å². The predicted octanol–water partition coefficient (Wildman–Crippen LogP) is 2.88. The van der Waals surface area contributed by atoms with Crippen LogP contribution in [0.3, 0.4) is 0 Å². The predicted molar refractivity (Wildman–Crippen MR) is 93.2 cm³/mol. The molecular formula is C19H28N2O2. The number of aliphatic hydroxyl groups excluding tert-OH is 1. The van der Waals surface area contributed by atoms with Gasteiger partial charge in [-0.2, -0.15) is 0 Å². The zero-order valence-electron chi connectivity index (χ0n) is 14.3. The van der Waals surface area contributed by atoms with Gasteiger partial charge in [0.2, 0.25) is 0 Å². The fourth-order valence-electron chi connectivity index (χ4n) is 2.81. The maximum atomic E-state index is 12.3. The molecule has 4 heteroatoms. The van der Waals surface area contributed by atoms with Crippen molar-refractivity contribution in [3.05, 3.63) is 48.0 Å². The van der Waals surface area contributed by atoms with E-state index >= 15 is 0 Å². The standard InChI is InChI=1S/C19H28N2O2/c1-19(2,3)17(12-14-7-5-4-6-8-14)21-18(23)20-16-10-9-15(11-16)13-22/h4-10,15-17,22H,11-13H2,1-3H3,(H2,20,21,23)/t15-,16+,17?/m0/s1. The summed E-state index contributed by atoms with van der Waals surface area (Å²) in [6.07, 6.45) is 5.50. The summed E-state index contributed by atoms with van der Waals surface area (Å²) in [5.41, 5.74) is 1.18. The third kappa shape index (κ3) is 5.39. The molecule has 1 aromatic carbocycles. The Labute approximate surface area is 139 Å². The SMILES string of the molecule is CC(C)(C)C(Cc1ccccc1)NC(=O)N[C@@H]1C=C[C@H](CO)C1. The number of carbonyl (C=O) groups is 1. The van der Waals surface area contributed by atoms with Gasteiger partial charge >= 0.3 is 6.03 Å². The quantitative estimate of drug-likeness (QED) is 0.732. The zero-order valence-corrected chi connectivity index (χ0v) is 14.3. The number of urea groups is 1. The van der Waals surface area contributed by atoms with Gasteiger partial charge in [-0.3, -0.25) is 0 Å². The fraction of sp³-hybridized carbons (Fsp3) is 0.526. The number of aliphatic hydroxyl groups is 1. The van der Waals surface area contributed by atoms with Crippen molar-refractivity contribution in [1.29, 1.82) is 0 Å². The summed E-state index contributed by atoms with van der Waals surface area (Å²) >= 11 is 0. The average molecular weight is 316 g/mol. The Bertz CT molecular complexity index is 534. The van der Waals surface area contributed by atoms with Crippen molar-refractivity contribution in [3.63, 3.8) is 0 Å². The normalized spacial score (nSPS) is 21.9. The van der Waals surface area contributed by atoms with Crippen molar-refractivity contribution < 1.29 is 9.90 Å². The minimum atomic E-state index is -0.144. The first-order valence-electron chi connectivity index (χ1n) is 8.28. The lowest BCUT2D eigenvalue weighted by Crippen LogP contribution is -2.51. The first kappa shape index (κ1) is 17.5. The van der Waals surface area contributed by atoms with Gasteiger partial charge in [-0.15, -0.1) is 0 Å². The van der Waals surface area contributed by atoms with Crippen LogP contribution >= 0.6 is 0 Å². The van der Waals surface area contributed by atoms with Gasteiger partial charge in [-0.1, -0.05) is 63.3 Å². The van der Waals surface area contributed by atoms with Crippen LogP contribution in [0.15, 0.2) is 42.5 Å². The highest BCUT2D eigenvalue weighted by Gasteiger charge is 2.27. The molecule has 0 bridgehead atoms. The molecule has 0 aliphatic heterocycles. The van der Waals surface area contributed by atoms with Gasteiger partial charge in [-0.25, -0.2) is 4.79 Å². The molecule has 3 atom stereocenters. The summed E-state index contributed by atoms with van der Waals surface area (Å²) in [7, 11) is 0. The second-order valence-electron chi connectivity index (χ2n) is 7.40. The Hall–Kier alpha value is -1.81.